The van der Waals surface area contributed by atoms with Crippen LogP contribution >= 0.6 is 0 Å². The number of benzene rings is 2. The Balaban J connectivity index is 1.72. The molecule has 0 bridgehead atoms. The van der Waals surface area contributed by atoms with Crippen LogP contribution in [0.15, 0.2) is 47.4 Å². The fourth-order valence-corrected chi connectivity index (χ4v) is 4.71. The summed E-state index contributed by atoms with van der Waals surface area (Å²) in [6, 6.07) is 12.1. The van der Waals surface area contributed by atoms with Crippen LogP contribution in [-0.2, 0) is 14.8 Å². The van der Waals surface area contributed by atoms with Crippen molar-refractivity contribution in [3.05, 3.63) is 64.7 Å². The van der Waals surface area contributed by atoms with Crippen molar-refractivity contribution in [1.29, 1.82) is 0 Å². The number of carbonyl (C=O) groups excluding carboxylic acids is 1. The van der Waals surface area contributed by atoms with Gasteiger partial charge in [-0.25, -0.2) is 8.42 Å². The number of amides is 1. The lowest BCUT2D eigenvalue weighted by molar-refractivity contribution is 0.0730. The summed E-state index contributed by atoms with van der Waals surface area (Å²) in [5.41, 5.74) is 3.75. The second kappa shape index (κ2) is 8.43. The van der Waals surface area contributed by atoms with Crippen molar-refractivity contribution >= 4 is 15.9 Å². The quantitative estimate of drug-likeness (QED) is 0.834. The third-order valence-corrected chi connectivity index (χ3v) is 6.89. The number of rotatable bonds is 5. The van der Waals surface area contributed by atoms with E-state index in [0.29, 0.717) is 31.9 Å². The van der Waals surface area contributed by atoms with Crippen molar-refractivity contribution < 1.29 is 17.9 Å². The highest BCUT2D eigenvalue weighted by Crippen LogP contribution is 2.21. The summed E-state index contributed by atoms with van der Waals surface area (Å²) in [6.07, 6.45) is 0. The van der Waals surface area contributed by atoms with E-state index in [1.807, 2.05) is 32.9 Å². The normalized spacial score (nSPS) is 16.5. The van der Waals surface area contributed by atoms with Crippen molar-refractivity contribution in [3.63, 3.8) is 0 Å². The molecule has 7 heteroatoms. The predicted octanol–water partition coefficient (Wildman–Crippen LogP) is 2.82. The molecule has 2 aromatic rings. The van der Waals surface area contributed by atoms with Gasteiger partial charge in [0, 0.05) is 18.7 Å². The molecule has 1 amide bonds. The van der Waals surface area contributed by atoms with Crippen LogP contribution in [0, 0.1) is 13.8 Å². The Morgan fingerprint density at radius 2 is 1.71 bits per heavy atom. The number of hydrogen-bond donors (Lipinski definition) is 1. The van der Waals surface area contributed by atoms with Crippen molar-refractivity contribution in [1.82, 2.24) is 9.62 Å². The number of aryl methyl sites for hydroxylation is 2. The fourth-order valence-electron chi connectivity index (χ4n) is 3.30. The predicted molar refractivity (Wildman–Crippen MR) is 108 cm³/mol. The monoisotopic (exact) mass is 402 g/mol. The molecule has 150 valence electrons. The first-order valence-electron chi connectivity index (χ1n) is 9.35. The number of nitrogens with one attached hydrogen (secondary N) is 1. The Morgan fingerprint density at radius 1 is 1.07 bits per heavy atom. The van der Waals surface area contributed by atoms with Crippen LogP contribution < -0.4 is 5.32 Å². The zero-order valence-corrected chi connectivity index (χ0v) is 17.3. The third kappa shape index (κ3) is 4.43. The van der Waals surface area contributed by atoms with Gasteiger partial charge in [0.1, 0.15) is 0 Å². The Morgan fingerprint density at radius 3 is 2.36 bits per heavy atom. The molecule has 0 saturated carbocycles. The van der Waals surface area contributed by atoms with E-state index in [0.717, 1.165) is 16.7 Å². The van der Waals surface area contributed by atoms with Gasteiger partial charge < -0.3 is 10.1 Å². The minimum atomic E-state index is -3.56. The van der Waals surface area contributed by atoms with Gasteiger partial charge in [0.25, 0.3) is 5.91 Å². The average molecular weight is 403 g/mol. The first-order chi connectivity index (χ1) is 13.3. The zero-order chi connectivity index (χ0) is 20.3. The van der Waals surface area contributed by atoms with E-state index in [2.05, 4.69) is 11.4 Å². The molecule has 28 heavy (non-hydrogen) atoms. The largest absolute Gasteiger partial charge is 0.379 e. The van der Waals surface area contributed by atoms with E-state index in [1.165, 1.54) is 16.4 Å². The molecule has 1 aliphatic heterocycles. The maximum absolute atomic E-state index is 12.7. The Bertz CT molecular complexity index is 949. The summed E-state index contributed by atoms with van der Waals surface area (Å²) in [6.45, 7) is 7.46. The van der Waals surface area contributed by atoms with Gasteiger partial charge in [-0.2, -0.15) is 4.31 Å². The van der Waals surface area contributed by atoms with Crippen molar-refractivity contribution in [3.8, 4) is 0 Å². The van der Waals surface area contributed by atoms with Crippen LogP contribution in [0.4, 0.5) is 0 Å². The molecule has 1 fully saturated rings. The van der Waals surface area contributed by atoms with Crippen LogP contribution in [0.3, 0.4) is 0 Å². The van der Waals surface area contributed by atoms with Gasteiger partial charge in [-0.05, 0) is 56.2 Å². The summed E-state index contributed by atoms with van der Waals surface area (Å²) in [7, 11) is -3.56. The molecule has 0 radical (unpaired) electrons. The highest BCUT2D eigenvalue weighted by atomic mass is 32.2. The highest BCUT2D eigenvalue weighted by Gasteiger charge is 2.26. The molecule has 0 unspecified atom stereocenters. The van der Waals surface area contributed by atoms with Gasteiger partial charge in [-0.3, -0.25) is 4.79 Å². The first-order valence-corrected chi connectivity index (χ1v) is 10.8. The maximum Gasteiger partial charge on any atom is 0.251 e. The molecule has 1 N–H and O–H groups in total. The summed E-state index contributed by atoms with van der Waals surface area (Å²) < 4.78 is 32.0. The molecule has 1 heterocycles. The van der Waals surface area contributed by atoms with Crippen LogP contribution in [0.2, 0.25) is 0 Å². The zero-order valence-electron chi connectivity index (χ0n) is 16.4. The number of morpholine rings is 1. The van der Waals surface area contributed by atoms with Crippen LogP contribution in [0.25, 0.3) is 0 Å². The van der Waals surface area contributed by atoms with E-state index in [4.69, 9.17) is 4.74 Å². The third-order valence-electron chi connectivity index (χ3n) is 4.97. The minimum Gasteiger partial charge on any atom is -0.379 e. The SMILES string of the molecule is Cc1ccc(C)c([C@@H](C)NC(=O)c2ccc(S(=O)(=O)N3CCOCC3)cc2)c1. The van der Waals surface area contributed by atoms with Crippen LogP contribution in [-0.4, -0.2) is 44.9 Å². The lowest BCUT2D eigenvalue weighted by atomic mass is 10.00. The van der Waals surface area contributed by atoms with Crippen molar-refractivity contribution in [2.24, 2.45) is 0 Å². The van der Waals surface area contributed by atoms with Gasteiger partial charge >= 0.3 is 0 Å². The maximum atomic E-state index is 12.7. The fraction of sp³-hybridized carbons (Fsp3) is 0.381. The van der Waals surface area contributed by atoms with E-state index in [9.17, 15) is 13.2 Å². The smallest absolute Gasteiger partial charge is 0.251 e. The van der Waals surface area contributed by atoms with Gasteiger partial charge in [0.2, 0.25) is 10.0 Å². The first kappa shape index (κ1) is 20.5. The van der Waals surface area contributed by atoms with Gasteiger partial charge in [0.05, 0.1) is 24.2 Å². The summed E-state index contributed by atoms with van der Waals surface area (Å²) in [5.74, 6) is -0.233. The second-order valence-electron chi connectivity index (χ2n) is 7.10. The second-order valence-corrected chi connectivity index (χ2v) is 9.03. The Kier molecular flexibility index (Phi) is 6.17. The van der Waals surface area contributed by atoms with E-state index in [-0.39, 0.29) is 16.8 Å². The van der Waals surface area contributed by atoms with E-state index < -0.39 is 10.0 Å². The van der Waals surface area contributed by atoms with Gasteiger partial charge in [0.15, 0.2) is 0 Å². The number of hydrogen-bond acceptors (Lipinski definition) is 4. The van der Waals surface area contributed by atoms with Gasteiger partial charge in [-0.1, -0.05) is 23.8 Å². The average Bonchev–Trinajstić information content (AvgIpc) is 2.70. The van der Waals surface area contributed by atoms with Crippen molar-refractivity contribution in [2.75, 3.05) is 26.3 Å². The molecular weight excluding hydrogens is 376 g/mol. The van der Waals surface area contributed by atoms with Crippen LogP contribution in [0.5, 0.6) is 0 Å². The molecule has 0 aromatic heterocycles. The molecule has 0 spiro atoms. The summed E-state index contributed by atoms with van der Waals surface area (Å²) in [5, 5.41) is 2.99. The lowest BCUT2D eigenvalue weighted by Crippen LogP contribution is -2.40. The molecule has 1 saturated heterocycles. The molecule has 1 aliphatic rings. The molecule has 1 atom stereocenters. The molecule has 0 aliphatic carbocycles. The molecule has 3 rings (SSSR count). The molecular formula is C21H26N2O4S. The lowest BCUT2D eigenvalue weighted by Gasteiger charge is -2.26. The minimum absolute atomic E-state index is 0.149. The van der Waals surface area contributed by atoms with E-state index >= 15 is 0 Å². The standard InChI is InChI=1S/C21H26N2O4S/c1-15-4-5-16(2)20(14-15)17(3)22-21(24)18-6-8-19(9-7-18)28(25,26)23-10-12-27-13-11-23/h4-9,14,17H,10-13H2,1-3H3,(H,22,24)/t17-/m1/s1. The summed E-state index contributed by atoms with van der Waals surface area (Å²) >= 11 is 0. The Labute approximate surface area is 166 Å². The van der Waals surface area contributed by atoms with E-state index in [1.54, 1.807) is 12.1 Å². The molecule has 6 nitrogen and oxygen atoms in total. The molecule has 2 aromatic carbocycles. The number of nitrogens with zero attached hydrogens (tertiary/aromatic N) is 1. The van der Waals surface area contributed by atoms with Gasteiger partial charge in [-0.15, -0.1) is 0 Å². The topological polar surface area (TPSA) is 75.7 Å². The highest BCUT2D eigenvalue weighted by molar-refractivity contribution is 7.89. The number of ether oxygens (including phenoxy) is 1. The van der Waals surface area contributed by atoms with Crippen LogP contribution in [0.1, 0.15) is 40.0 Å². The summed E-state index contributed by atoms with van der Waals surface area (Å²) in [4.78, 5) is 12.8. The van der Waals surface area contributed by atoms with Crippen molar-refractivity contribution in [2.45, 2.75) is 31.7 Å². The number of carbonyl (C=O) groups is 1. The number of sulfonamides is 1. The Hall–Kier alpha value is -2.22.